The van der Waals surface area contributed by atoms with Gasteiger partial charge in [0.15, 0.2) is 5.76 Å². The van der Waals surface area contributed by atoms with Gasteiger partial charge in [-0.1, -0.05) is 41.1 Å². The summed E-state index contributed by atoms with van der Waals surface area (Å²) in [6.07, 6.45) is 0. The smallest absolute Gasteiger partial charge is 0.204 e. The molecule has 3 aromatic heterocycles. The Morgan fingerprint density at radius 1 is 1.17 bits per heavy atom. The van der Waals surface area contributed by atoms with E-state index in [4.69, 9.17) is 4.52 Å². The van der Waals surface area contributed by atoms with Crippen LogP contribution in [0.2, 0.25) is 0 Å². The van der Waals surface area contributed by atoms with E-state index in [1.807, 2.05) is 54.8 Å². The van der Waals surface area contributed by atoms with Crippen molar-refractivity contribution in [2.45, 2.75) is 13.5 Å². The molecule has 0 bridgehead atoms. The fraction of sp³-hybridized carbons (Fsp3) is 0.125. The van der Waals surface area contributed by atoms with Crippen molar-refractivity contribution >= 4 is 11.3 Å². The van der Waals surface area contributed by atoms with Gasteiger partial charge < -0.3 is 4.52 Å². The minimum atomic E-state index is 0.424. The summed E-state index contributed by atoms with van der Waals surface area (Å²) in [4.78, 5) is 2.57. The van der Waals surface area contributed by atoms with Gasteiger partial charge in [0.05, 0.1) is 4.88 Å². The van der Waals surface area contributed by atoms with Crippen LogP contribution in [-0.4, -0.2) is 25.4 Å². The first-order valence-corrected chi connectivity index (χ1v) is 8.00. The third kappa shape index (κ3) is 2.91. The van der Waals surface area contributed by atoms with Crippen molar-refractivity contribution in [3.63, 3.8) is 0 Å². The molecule has 6 nitrogen and oxygen atoms in total. The highest BCUT2D eigenvalue weighted by Crippen LogP contribution is 2.25. The normalized spacial score (nSPS) is 11.0. The molecule has 1 aromatic carbocycles. The zero-order valence-electron chi connectivity index (χ0n) is 12.4. The van der Waals surface area contributed by atoms with Gasteiger partial charge in [-0.25, -0.2) is 0 Å². The molecule has 0 fully saturated rings. The second-order valence-corrected chi connectivity index (χ2v) is 6.12. The van der Waals surface area contributed by atoms with Gasteiger partial charge >= 0.3 is 0 Å². The van der Waals surface area contributed by atoms with Crippen LogP contribution in [0.15, 0.2) is 52.4 Å². The molecule has 0 saturated carbocycles. The van der Waals surface area contributed by atoms with E-state index >= 15 is 0 Å². The number of rotatable bonds is 4. The lowest BCUT2D eigenvalue weighted by molar-refractivity contribution is 0.416. The fourth-order valence-corrected chi connectivity index (χ4v) is 2.87. The molecule has 0 saturated heterocycles. The van der Waals surface area contributed by atoms with Crippen LogP contribution in [0.1, 0.15) is 11.3 Å². The quantitative estimate of drug-likeness (QED) is 0.575. The van der Waals surface area contributed by atoms with Gasteiger partial charge in [0.1, 0.15) is 12.2 Å². The second-order valence-electron chi connectivity index (χ2n) is 5.17. The fourth-order valence-electron chi connectivity index (χ4n) is 2.19. The molecular weight excluding hydrogens is 310 g/mol. The van der Waals surface area contributed by atoms with E-state index in [1.54, 1.807) is 11.3 Å². The maximum Gasteiger partial charge on any atom is 0.204 e. The van der Waals surface area contributed by atoms with E-state index in [2.05, 4.69) is 20.6 Å². The lowest BCUT2D eigenvalue weighted by Gasteiger charge is -1.95. The van der Waals surface area contributed by atoms with Gasteiger partial charge in [-0.2, -0.15) is 4.80 Å². The number of thiophene rings is 1. The Morgan fingerprint density at radius 2 is 2.04 bits per heavy atom. The molecule has 0 radical (unpaired) electrons. The Morgan fingerprint density at radius 3 is 2.83 bits per heavy atom. The molecule has 0 spiro atoms. The van der Waals surface area contributed by atoms with E-state index in [0.29, 0.717) is 12.4 Å². The molecule has 0 unspecified atom stereocenters. The molecule has 0 aliphatic heterocycles. The summed E-state index contributed by atoms with van der Waals surface area (Å²) in [7, 11) is 0. The van der Waals surface area contributed by atoms with Crippen LogP contribution in [0.4, 0.5) is 0 Å². The Labute approximate surface area is 136 Å². The van der Waals surface area contributed by atoms with Gasteiger partial charge in [-0.3, -0.25) is 0 Å². The topological polar surface area (TPSA) is 69.6 Å². The third-order valence-corrected chi connectivity index (χ3v) is 4.27. The highest BCUT2D eigenvalue weighted by molar-refractivity contribution is 7.13. The molecule has 7 heteroatoms. The summed E-state index contributed by atoms with van der Waals surface area (Å²) in [6.45, 7) is 2.47. The van der Waals surface area contributed by atoms with Gasteiger partial charge in [0.25, 0.3) is 0 Å². The van der Waals surface area contributed by atoms with Gasteiger partial charge in [-0.05, 0) is 23.6 Å². The zero-order valence-corrected chi connectivity index (χ0v) is 13.2. The summed E-state index contributed by atoms with van der Waals surface area (Å²) < 4.78 is 5.36. The first-order chi connectivity index (χ1) is 11.3. The Hall–Kier alpha value is -2.80. The molecule has 0 aliphatic carbocycles. The van der Waals surface area contributed by atoms with E-state index in [1.165, 1.54) is 10.4 Å². The van der Waals surface area contributed by atoms with Crippen LogP contribution in [0.25, 0.3) is 22.0 Å². The lowest BCUT2D eigenvalue weighted by atomic mass is 10.1. The zero-order chi connectivity index (χ0) is 15.6. The largest absolute Gasteiger partial charge is 0.355 e. The van der Waals surface area contributed by atoms with Crippen molar-refractivity contribution in [3.05, 3.63) is 59.1 Å². The average Bonchev–Trinajstić information content (AvgIpc) is 3.29. The predicted octanol–water partition coefficient (Wildman–Crippen LogP) is 3.41. The van der Waals surface area contributed by atoms with Crippen LogP contribution < -0.4 is 0 Å². The summed E-state index contributed by atoms with van der Waals surface area (Å²) in [6, 6.07) is 13.9. The van der Waals surface area contributed by atoms with Crippen LogP contribution in [-0.2, 0) is 6.54 Å². The molecule has 114 valence electrons. The lowest BCUT2D eigenvalue weighted by Crippen LogP contribution is -2.04. The Bertz CT molecular complexity index is 908. The third-order valence-electron chi connectivity index (χ3n) is 3.39. The van der Waals surface area contributed by atoms with Crippen molar-refractivity contribution < 1.29 is 4.52 Å². The number of aryl methyl sites for hydroxylation is 1. The monoisotopic (exact) mass is 323 g/mol. The van der Waals surface area contributed by atoms with Crippen LogP contribution in [0, 0.1) is 6.92 Å². The molecule has 4 aromatic rings. The number of hydrogen-bond acceptors (Lipinski definition) is 6. The van der Waals surface area contributed by atoms with E-state index in [0.717, 1.165) is 21.9 Å². The average molecular weight is 323 g/mol. The molecule has 0 N–H and O–H groups in total. The Kier molecular flexibility index (Phi) is 3.47. The van der Waals surface area contributed by atoms with E-state index in [-0.39, 0.29) is 0 Å². The maximum atomic E-state index is 5.36. The minimum Gasteiger partial charge on any atom is -0.355 e. The van der Waals surface area contributed by atoms with Gasteiger partial charge in [0, 0.05) is 11.6 Å². The molecule has 23 heavy (non-hydrogen) atoms. The molecule has 4 rings (SSSR count). The van der Waals surface area contributed by atoms with Crippen molar-refractivity contribution in [3.8, 4) is 22.0 Å². The summed E-state index contributed by atoms with van der Waals surface area (Å²) >= 11 is 1.61. The van der Waals surface area contributed by atoms with Gasteiger partial charge in [-0.15, -0.1) is 21.5 Å². The molecular formula is C16H13N5OS. The standard InChI is InChI=1S/C16H13N5OS/c1-11-4-6-12(7-5-11)16-17-20-21(18-16)10-13-9-14(22-19-13)15-3-2-8-23-15/h2-9H,10H2,1H3. The van der Waals surface area contributed by atoms with E-state index < -0.39 is 0 Å². The maximum absolute atomic E-state index is 5.36. The highest BCUT2D eigenvalue weighted by atomic mass is 32.1. The minimum absolute atomic E-state index is 0.424. The molecule has 0 aliphatic rings. The predicted molar refractivity (Wildman–Crippen MR) is 86.9 cm³/mol. The molecule has 0 amide bonds. The number of benzene rings is 1. The second kappa shape index (κ2) is 5.77. The number of tetrazole rings is 1. The van der Waals surface area contributed by atoms with Crippen molar-refractivity contribution in [1.82, 2.24) is 25.4 Å². The van der Waals surface area contributed by atoms with Crippen molar-refractivity contribution in [2.24, 2.45) is 0 Å². The van der Waals surface area contributed by atoms with Crippen LogP contribution in [0.5, 0.6) is 0 Å². The number of hydrogen-bond donors (Lipinski definition) is 0. The highest BCUT2D eigenvalue weighted by Gasteiger charge is 2.11. The van der Waals surface area contributed by atoms with Crippen molar-refractivity contribution in [1.29, 1.82) is 0 Å². The number of nitrogens with zero attached hydrogens (tertiary/aromatic N) is 5. The number of aromatic nitrogens is 5. The summed E-state index contributed by atoms with van der Waals surface area (Å²) in [5.41, 5.74) is 2.91. The van der Waals surface area contributed by atoms with Gasteiger partial charge in [0.2, 0.25) is 5.82 Å². The first-order valence-electron chi connectivity index (χ1n) is 7.12. The SMILES string of the molecule is Cc1ccc(-c2nnn(Cc3cc(-c4cccs4)on3)n2)cc1. The Balaban J connectivity index is 1.53. The van der Waals surface area contributed by atoms with Crippen molar-refractivity contribution in [2.75, 3.05) is 0 Å². The summed E-state index contributed by atoms with van der Waals surface area (Å²) in [5.74, 6) is 1.36. The van der Waals surface area contributed by atoms with Crippen LogP contribution in [0.3, 0.4) is 0 Å². The summed E-state index contributed by atoms with van der Waals surface area (Å²) in [5, 5.41) is 18.6. The first kappa shape index (κ1) is 13.8. The van der Waals surface area contributed by atoms with E-state index in [9.17, 15) is 0 Å². The van der Waals surface area contributed by atoms with Crippen LogP contribution >= 0.6 is 11.3 Å². The molecule has 0 atom stereocenters. The molecule has 3 heterocycles.